The van der Waals surface area contributed by atoms with Crippen molar-refractivity contribution >= 4 is 17.7 Å². The van der Waals surface area contributed by atoms with Crippen molar-refractivity contribution in [3.8, 4) is 11.5 Å². The number of amides is 2. The molecule has 1 atom stereocenters. The molecule has 2 aromatic rings. The molecule has 0 aliphatic carbocycles. The Morgan fingerprint density at radius 1 is 1.13 bits per heavy atom. The fourth-order valence-corrected chi connectivity index (χ4v) is 3.71. The lowest BCUT2D eigenvalue weighted by Crippen LogP contribution is -2.43. The summed E-state index contributed by atoms with van der Waals surface area (Å²) < 4.78 is 29.8. The maximum Gasteiger partial charge on any atom is 0.322 e. The van der Waals surface area contributed by atoms with Crippen molar-refractivity contribution in [2.75, 3.05) is 32.2 Å². The van der Waals surface area contributed by atoms with Crippen molar-refractivity contribution in [3.63, 3.8) is 0 Å². The summed E-state index contributed by atoms with van der Waals surface area (Å²) in [5.41, 5.74) is 2.13. The lowest BCUT2D eigenvalue weighted by molar-refractivity contribution is -0.141. The van der Waals surface area contributed by atoms with Gasteiger partial charge in [-0.15, -0.1) is 0 Å². The van der Waals surface area contributed by atoms with Gasteiger partial charge in [-0.2, -0.15) is 0 Å². The summed E-state index contributed by atoms with van der Waals surface area (Å²) in [6.07, 6.45) is 0.565. The zero-order valence-electron chi connectivity index (χ0n) is 17.9. The molecule has 2 amide bonds. The molecule has 0 radical (unpaired) electrons. The van der Waals surface area contributed by atoms with Gasteiger partial charge in [-0.25, -0.2) is 9.18 Å². The van der Waals surface area contributed by atoms with Crippen LogP contribution in [0.5, 0.6) is 11.5 Å². The van der Waals surface area contributed by atoms with Crippen LogP contribution in [0.2, 0.25) is 0 Å². The molecule has 1 heterocycles. The second kappa shape index (κ2) is 10.1. The number of anilines is 1. The van der Waals surface area contributed by atoms with Gasteiger partial charge in [0, 0.05) is 12.2 Å². The van der Waals surface area contributed by atoms with Gasteiger partial charge in [0.05, 0.1) is 32.8 Å². The largest absolute Gasteiger partial charge is 0.490 e. The third kappa shape index (κ3) is 5.25. The first-order valence-corrected chi connectivity index (χ1v) is 10.3. The molecule has 0 bridgehead atoms. The summed E-state index contributed by atoms with van der Waals surface area (Å²) in [4.78, 5) is 26.8. The van der Waals surface area contributed by atoms with Crippen molar-refractivity contribution in [1.29, 1.82) is 0 Å². The highest BCUT2D eigenvalue weighted by Gasteiger charge is 2.34. The Labute approximate surface area is 181 Å². The van der Waals surface area contributed by atoms with Gasteiger partial charge in [0.25, 0.3) is 0 Å². The number of carbonyl (C=O) groups excluding carboxylic acids is 2. The van der Waals surface area contributed by atoms with E-state index in [1.807, 2.05) is 26.0 Å². The number of methoxy groups -OCH3 is 1. The van der Waals surface area contributed by atoms with E-state index in [0.29, 0.717) is 43.4 Å². The Morgan fingerprint density at radius 2 is 1.84 bits per heavy atom. The lowest BCUT2D eigenvalue weighted by atomic mass is 9.90. The second-order valence-corrected chi connectivity index (χ2v) is 7.04. The topological polar surface area (TPSA) is 77.1 Å². The van der Waals surface area contributed by atoms with Gasteiger partial charge in [-0.1, -0.05) is 6.07 Å². The number of esters is 1. The molecule has 1 aliphatic rings. The van der Waals surface area contributed by atoms with Crippen LogP contribution >= 0.6 is 0 Å². The molecule has 0 spiro atoms. The predicted octanol–water partition coefficient (Wildman–Crippen LogP) is 4.32. The molecule has 0 fully saturated rings. The summed E-state index contributed by atoms with van der Waals surface area (Å²) in [7, 11) is 1.31. The van der Waals surface area contributed by atoms with Gasteiger partial charge in [0.2, 0.25) is 0 Å². The van der Waals surface area contributed by atoms with Gasteiger partial charge < -0.3 is 24.4 Å². The molecule has 3 rings (SSSR count). The zero-order chi connectivity index (χ0) is 22.4. The number of fused-ring (bicyclic) bond motifs is 1. The number of nitrogens with one attached hydrogen (secondary N) is 1. The van der Waals surface area contributed by atoms with Crippen LogP contribution in [0.3, 0.4) is 0 Å². The number of halogens is 1. The number of urea groups is 1. The Balaban J connectivity index is 1.96. The van der Waals surface area contributed by atoms with E-state index in [2.05, 4.69) is 5.32 Å². The normalized spacial score (nSPS) is 15.1. The number of hydrogen-bond donors (Lipinski definition) is 1. The molecule has 0 saturated carbocycles. The van der Waals surface area contributed by atoms with Crippen molar-refractivity contribution in [1.82, 2.24) is 4.90 Å². The number of rotatable bonds is 7. The van der Waals surface area contributed by atoms with Crippen molar-refractivity contribution in [2.45, 2.75) is 32.7 Å². The number of carbonyl (C=O) groups is 2. The SMILES string of the molecule is CCOc1cc2c(cc1OCC)[C@H](CC(=O)OC)N(C(=O)Nc1cccc(F)c1)CC2. The van der Waals surface area contributed by atoms with Crippen LogP contribution in [0, 0.1) is 5.82 Å². The van der Waals surface area contributed by atoms with Crippen LogP contribution in [0.1, 0.15) is 37.4 Å². The van der Waals surface area contributed by atoms with Gasteiger partial charge in [0.15, 0.2) is 11.5 Å². The van der Waals surface area contributed by atoms with Gasteiger partial charge in [-0.3, -0.25) is 4.79 Å². The minimum atomic E-state index is -0.556. The van der Waals surface area contributed by atoms with E-state index in [1.54, 1.807) is 11.0 Å². The maximum absolute atomic E-state index is 13.5. The molecule has 0 saturated heterocycles. The molecule has 7 nitrogen and oxygen atoms in total. The number of ether oxygens (including phenoxy) is 3. The zero-order valence-corrected chi connectivity index (χ0v) is 17.9. The fourth-order valence-electron chi connectivity index (χ4n) is 3.71. The third-order valence-electron chi connectivity index (χ3n) is 5.09. The van der Waals surface area contributed by atoms with Crippen LogP contribution in [0.15, 0.2) is 36.4 Å². The highest BCUT2D eigenvalue weighted by Crippen LogP contribution is 2.40. The summed E-state index contributed by atoms with van der Waals surface area (Å²) in [5.74, 6) is 0.314. The van der Waals surface area contributed by atoms with E-state index in [-0.39, 0.29) is 6.42 Å². The van der Waals surface area contributed by atoms with Crippen LogP contribution < -0.4 is 14.8 Å². The molecular weight excluding hydrogens is 403 g/mol. The Morgan fingerprint density at radius 3 is 2.48 bits per heavy atom. The minimum Gasteiger partial charge on any atom is -0.490 e. The summed E-state index contributed by atoms with van der Waals surface area (Å²) in [6.45, 7) is 5.10. The Hall–Kier alpha value is -3.29. The van der Waals surface area contributed by atoms with Gasteiger partial charge >= 0.3 is 12.0 Å². The number of hydrogen-bond acceptors (Lipinski definition) is 5. The molecule has 8 heteroatoms. The summed E-state index contributed by atoms with van der Waals surface area (Å²) in [5, 5.41) is 2.71. The molecule has 166 valence electrons. The van der Waals surface area contributed by atoms with Crippen LogP contribution in [-0.4, -0.2) is 43.8 Å². The summed E-state index contributed by atoms with van der Waals surface area (Å²) >= 11 is 0. The fraction of sp³-hybridized carbons (Fsp3) is 0.391. The van der Waals surface area contributed by atoms with Gasteiger partial charge in [0.1, 0.15) is 5.82 Å². The van der Waals surface area contributed by atoms with Crippen LogP contribution in [-0.2, 0) is 16.0 Å². The lowest BCUT2D eigenvalue weighted by Gasteiger charge is -2.37. The highest BCUT2D eigenvalue weighted by molar-refractivity contribution is 5.90. The van der Waals surface area contributed by atoms with E-state index in [1.165, 1.54) is 25.3 Å². The van der Waals surface area contributed by atoms with E-state index >= 15 is 0 Å². The molecule has 31 heavy (non-hydrogen) atoms. The van der Waals surface area contributed by atoms with E-state index in [0.717, 1.165) is 11.1 Å². The monoisotopic (exact) mass is 430 g/mol. The number of benzene rings is 2. The molecular formula is C23H27FN2O5. The third-order valence-corrected chi connectivity index (χ3v) is 5.09. The standard InChI is InChI=1S/C23H27FN2O5/c1-4-30-20-11-15-9-10-26(23(28)25-17-8-6-7-16(24)12-17)19(14-22(27)29-3)18(15)13-21(20)31-5-2/h6-8,11-13,19H,4-5,9-10,14H2,1-3H3,(H,25,28)/t19-/m0/s1. The van der Waals surface area contributed by atoms with Crippen molar-refractivity contribution in [3.05, 3.63) is 53.3 Å². The highest BCUT2D eigenvalue weighted by atomic mass is 19.1. The van der Waals surface area contributed by atoms with E-state index in [4.69, 9.17) is 14.2 Å². The first-order chi connectivity index (χ1) is 15.0. The predicted molar refractivity (Wildman–Crippen MR) is 114 cm³/mol. The molecule has 2 aromatic carbocycles. The second-order valence-electron chi connectivity index (χ2n) is 7.04. The Kier molecular flexibility index (Phi) is 7.33. The van der Waals surface area contributed by atoms with Crippen LogP contribution in [0.4, 0.5) is 14.9 Å². The van der Waals surface area contributed by atoms with E-state index in [9.17, 15) is 14.0 Å². The van der Waals surface area contributed by atoms with E-state index < -0.39 is 23.9 Å². The molecule has 1 N–H and O–H groups in total. The quantitative estimate of drug-likeness (QED) is 0.662. The summed E-state index contributed by atoms with van der Waals surface area (Å²) in [6, 6.07) is 8.44. The Bertz CT molecular complexity index is 950. The maximum atomic E-state index is 13.5. The average Bonchev–Trinajstić information content (AvgIpc) is 2.74. The molecule has 1 aliphatic heterocycles. The number of nitrogens with zero attached hydrogens (tertiary/aromatic N) is 1. The first kappa shape index (κ1) is 22.4. The van der Waals surface area contributed by atoms with Crippen LogP contribution in [0.25, 0.3) is 0 Å². The van der Waals surface area contributed by atoms with Crippen molar-refractivity contribution in [2.24, 2.45) is 0 Å². The average molecular weight is 430 g/mol. The first-order valence-electron chi connectivity index (χ1n) is 10.3. The molecule has 0 aromatic heterocycles. The minimum absolute atomic E-state index is 0.0143. The molecule has 0 unspecified atom stereocenters. The van der Waals surface area contributed by atoms with Crippen molar-refractivity contribution < 1.29 is 28.2 Å². The van der Waals surface area contributed by atoms with Gasteiger partial charge in [-0.05, 0) is 61.7 Å². The smallest absolute Gasteiger partial charge is 0.322 e.